The zero-order valence-electron chi connectivity index (χ0n) is 14.7. The number of anilines is 1. The van der Waals surface area contributed by atoms with Crippen molar-refractivity contribution >= 4 is 23.2 Å². The van der Waals surface area contributed by atoms with Crippen LogP contribution in [0.15, 0.2) is 12.1 Å². The molecule has 1 amide bonds. The quantitative estimate of drug-likeness (QED) is 0.724. The minimum atomic E-state index is -0.174. The molecule has 0 saturated carbocycles. The molecule has 0 radical (unpaired) electrons. The van der Waals surface area contributed by atoms with Gasteiger partial charge in [-0.2, -0.15) is 0 Å². The molecule has 0 heterocycles. The van der Waals surface area contributed by atoms with E-state index in [0.29, 0.717) is 22.9 Å². The Hall–Kier alpha value is -1.46. The first-order chi connectivity index (χ1) is 10.9. The second-order valence-electron chi connectivity index (χ2n) is 5.61. The lowest BCUT2D eigenvalue weighted by molar-refractivity contribution is 0.0946. The van der Waals surface area contributed by atoms with Crippen LogP contribution in [-0.2, 0) is 0 Å². The third kappa shape index (κ3) is 5.92. The van der Waals surface area contributed by atoms with Gasteiger partial charge in [-0.3, -0.25) is 4.79 Å². The van der Waals surface area contributed by atoms with E-state index in [1.54, 1.807) is 19.2 Å². The summed E-state index contributed by atoms with van der Waals surface area (Å²) < 4.78 is 5.34. The number of halogens is 1. The summed E-state index contributed by atoms with van der Waals surface area (Å²) in [6, 6.07) is 3.66. The minimum absolute atomic E-state index is 0.174. The Balaban J connectivity index is 2.81. The van der Waals surface area contributed by atoms with Crippen LogP contribution in [0.2, 0.25) is 5.02 Å². The molecular weight excluding hydrogens is 314 g/mol. The minimum Gasteiger partial charge on any atom is -0.496 e. The van der Waals surface area contributed by atoms with Gasteiger partial charge in [-0.15, -0.1) is 0 Å². The van der Waals surface area contributed by atoms with Crippen molar-refractivity contribution in [1.29, 1.82) is 0 Å². The number of carbonyl (C=O) groups excluding carboxylic acids is 1. The van der Waals surface area contributed by atoms with Crippen molar-refractivity contribution < 1.29 is 9.53 Å². The standard InChI is InChI=1S/C17H28ClN3O2/c1-6-21(7-2)9-8-19-17(22)13-10-14(18)15(20-12(3)4)11-16(13)23-5/h10-12,20H,6-9H2,1-5H3,(H,19,22). The maximum atomic E-state index is 12.4. The van der Waals surface area contributed by atoms with E-state index in [4.69, 9.17) is 16.3 Å². The molecule has 0 aliphatic heterocycles. The highest BCUT2D eigenvalue weighted by atomic mass is 35.5. The van der Waals surface area contributed by atoms with Crippen LogP contribution < -0.4 is 15.4 Å². The zero-order valence-corrected chi connectivity index (χ0v) is 15.5. The van der Waals surface area contributed by atoms with Gasteiger partial charge in [0.1, 0.15) is 5.75 Å². The molecule has 0 spiro atoms. The molecular formula is C17H28ClN3O2. The van der Waals surface area contributed by atoms with Crippen LogP contribution in [0.4, 0.5) is 5.69 Å². The van der Waals surface area contributed by atoms with Crippen LogP contribution >= 0.6 is 11.6 Å². The summed E-state index contributed by atoms with van der Waals surface area (Å²) in [4.78, 5) is 14.6. The molecule has 0 atom stereocenters. The molecule has 0 unspecified atom stereocenters. The first-order valence-corrected chi connectivity index (χ1v) is 8.45. The maximum Gasteiger partial charge on any atom is 0.255 e. The van der Waals surface area contributed by atoms with Gasteiger partial charge in [0, 0.05) is 25.2 Å². The van der Waals surface area contributed by atoms with E-state index in [9.17, 15) is 4.79 Å². The van der Waals surface area contributed by atoms with E-state index in [-0.39, 0.29) is 11.9 Å². The molecule has 2 N–H and O–H groups in total. The van der Waals surface area contributed by atoms with Crippen molar-refractivity contribution in [3.05, 3.63) is 22.7 Å². The van der Waals surface area contributed by atoms with Crippen molar-refractivity contribution in [3.8, 4) is 5.75 Å². The molecule has 0 fully saturated rings. The first kappa shape index (κ1) is 19.6. The highest BCUT2D eigenvalue weighted by molar-refractivity contribution is 6.33. The topological polar surface area (TPSA) is 53.6 Å². The average molecular weight is 342 g/mol. The number of nitrogens with one attached hydrogen (secondary N) is 2. The number of hydrogen-bond donors (Lipinski definition) is 2. The third-order valence-electron chi connectivity index (χ3n) is 3.59. The highest BCUT2D eigenvalue weighted by Crippen LogP contribution is 2.31. The highest BCUT2D eigenvalue weighted by Gasteiger charge is 2.16. The van der Waals surface area contributed by atoms with Crippen molar-refractivity contribution in [2.45, 2.75) is 33.7 Å². The fourth-order valence-electron chi connectivity index (χ4n) is 2.28. The predicted molar refractivity (Wildman–Crippen MR) is 96.9 cm³/mol. The lowest BCUT2D eigenvalue weighted by Gasteiger charge is -2.19. The Morgan fingerprint density at radius 1 is 1.30 bits per heavy atom. The molecule has 0 saturated heterocycles. The maximum absolute atomic E-state index is 12.4. The second kappa shape index (κ2) is 9.63. The summed E-state index contributed by atoms with van der Waals surface area (Å²) in [6.07, 6.45) is 0. The largest absolute Gasteiger partial charge is 0.496 e. The Bertz CT molecular complexity index is 517. The molecule has 130 valence electrons. The zero-order chi connectivity index (χ0) is 17.4. The molecule has 23 heavy (non-hydrogen) atoms. The summed E-state index contributed by atoms with van der Waals surface area (Å²) in [5.41, 5.74) is 1.21. The molecule has 0 aromatic heterocycles. The number of rotatable bonds is 9. The van der Waals surface area contributed by atoms with Crippen LogP contribution in [0.5, 0.6) is 5.75 Å². The van der Waals surface area contributed by atoms with Crippen LogP contribution in [0.3, 0.4) is 0 Å². The summed E-state index contributed by atoms with van der Waals surface area (Å²) in [5.74, 6) is 0.338. The molecule has 6 heteroatoms. The smallest absolute Gasteiger partial charge is 0.255 e. The number of amides is 1. The van der Waals surface area contributed by atoms with Crippen molar-refractivity contribution in [3.63, 3.8) is 0 Å². The Morgan fingerprint density at radius 3 is 2.48 bits per heavy atom. The third-order valence-corrected chi connectivity index (χ3v) is 3.90. The van der Waals surface area contributed by atoms with E-state index >= 15 is 0 Å². The second-order valence-corrected chi connectivity index (χ2v) is 6.02. The van der Waals surface area contributed by atoms with E-state index in [2.05, 4.69) is 29.4 Å². The van der Waals surface area contributed by atoms with Gasteiger partial charge in [0.15, 0.2) is 0 Å². The predicted octanol–water partition coefficient (Wildman–Crippen LogP) is 3.24. The molecule has 0 aliphatic rings. The number of carbonyl (C=O) groups is 1. The number of methoxy groups -OCH3 is 1. The number of ether oxygens (including phenoxy) is 1. The average Bonchev–Trinajstić information content (AvgIpc) is 2.52. The Kier molecular flexibility index (Phi) is 8.20. The van der Waals surface area contributed by atoms with Gasteiger partial charge in [-0.25, -0.2) is 0 Å². The monoisotopic (exact) mass is 341 g/mol. The fourth-order valence-corrected chi connectivity index (χ4v) is 2.50. The van der Waals surface area contributed by atoms with Gasteiger partial charge in [-0.05, 0) is 33.0 Å². The summed E-state index contributed by atoms with van der Waals surface area (Å²) in [7, 11) is 1.55. The van der Waals surface area contributed by atoms with Crippen molar-refractivity contribution in [1.82, 2.24) is 10.2 Å². The van der Waals surface area contributed by atoms with E-state index in [1.807, 2.05) is 13.8 Å². The molecule has 1 rings (SSSR count). The Labute approximate surface area is 144 Å². The SMILES string of the molecule is CCN(CC)CCNC(=O)c1cc(Cl)c(NC(C)C)cc1OC. The number of hydrogen-bond acceptors (Lipinski definition) is 4. The summed E-state index contributed by atoms with van der Waals surface area (Å²) in [5, 5.41) is 6.67. The van der Waals surface area contributed by atoms with E-state index < -0.39 is 0 Å². The van der Waals surface area contributed by atoms with Gasteiger partial charge in [0.2, 0.25) is 0 Å². The van der Waals surface area contributed by atoms with Gasteiger partial charge in [0.05, 0.1) is 23.4 Å². The summed E-state index contributed by atoms with van der Waals surface area (Å²) in [6.45, 7) is 11.6. The van der Waals surface area contributed by atoms with Gasteiger partial charge in [0.25, 0.3) is 5.91 Å². The van der Waals surface area contributed by atoms with Crippen LogP contribution in [0.25, 0.3) is 0 Å². The molecule has 1 aromatic carbocycles. The van der Waals surface area contributed by atoms with E-state index in [0.717, 1.165) is 25.3 Å². The van der Waals surface area contributed by atoms with Gasteiger partial charge in [-0.1, -0.05) is 25.4 Å². The molecule has 5 nitrogen and oxygen atoms in total. The van der Waals surface area contributed by atoms with Crippen molar-refractivity contribution in [2.24, 2.45) is 0 Å². The van der Waals surface area contributed by atoms with Crippen LogP contribution in [0, 0.1) is 0 Å². The lowest BCUT2D eigenvalue weighted by atomic mass is 10.1. The van der Waals surface area contributed by atoms with E-state index in [1.165, 1.54) is 0 Å². The molecule has 1 aromatic rings. The Morgan fingerprint density at radius 2 is 1.96 bits per heavy atom. The van der Waals surface area contributed by atoms with Crippen LogP contribution in [-0.4, -0.2) is 50.1 Å². The van der Waals surface area contributed by atoms with Crippen LogP contribution in [0.1, 0.15) is 38.1 Å². The first-order valence-electron chi connectivity index (χ1n) is 8.07. The summed E-state index contributed by atoms with van der Waals surface area (Å²) >= 11 is 6.27. The molecule has 0 bridgehead atoms. The number of benzene rings is 1. The fraction of sp³-hybridized carbons (Fsp3) is 0.588. The lowest BCUT2D eigenvalue weighted by Crippen LogP contribution is -2.34. The van der Waals surface area contributed by atoms with Crippen molar-refractivity contribution in [2.75, 3.05) is 38.6 Å². The number of likely N-dealkylation sites (N-methyl/N-ethyl adjacent to an activating group) is 1. The normalized spacial score (nSPS) is 11.0. The van der Waals surface area contributed by atoms with Gasteiger partial charge < -0.3 is 20.3 Å². The van der Waals surface area contributed by atoms with Gasteiger partial charge >= 0.3 is 0 Å². The molecule has 0 aliphatic carbocycles. The number of nitrogens with zero attached hydrogens (tertiary/aromatic N) is 1.